The SMILES string of the molecule is Fc1ccc(Nc2ncnc3c2ncn3C2CC2)c(F)c1. The fraction of sp³-hybridized carbons (Fsp3) is 0.214. The molecule has 7 heteroatoms. The Morgan fingerprint density at radius 2 is 2.00 bits per heavy atom. The monoisotopic (exact) mass is 287 g/mol. The van der Waals surface area contributed by atoms with Crippen LogP contribution in [0.15, 0.2) is 30.9 Å². The molecule has 4 rings (SSSR count). The molecule has 1 saturated carbocycles. The zero-order valence-electron chi connectivity index (χ0n) is 10.9. The minimum absolute atomic E-state index is 0.150. The van der Waals surface area contributed by atoms with Crippen LogP contribution in [0.4, 0.5) is 20.3 Å². The summed E-state index contributed by atoms with van der Waals surface area (Å²) in [5, 5.41) is 2.85. The van der Waals surface area contributed by atoms with Crippen LogP contribution >= 0.6 is 0 Å². The van der Waals surface area contributed by atoms with Crippen LogP contribution < -0.4 is 5.32 Å². The third-order valence-corrected chi connectivity index (χ3v) is 3.48. The maximum absolute atomic E-state index is 13.7. The number of hydrogen-bond acceptors (Lipinski definition) is 4. The Morgan fingerprint density at radius 1 is 1.14 bits per heavy atom. The van der Waals surface area contributed by atoms with Gasteiger partial charge >= 0.3 is 0 Å². The van der Waals surface area contributed by atoms with Gasteiger partial charge in [0.2, 0.25) is 0 Å². The lowest BCUT2D eigenvalue weighted by atomic mass is 10.3. The summed E-state index contributed by atoms with van der Waals surface area (Å²) in [4.78, 5) is 12.6. The molecule has 21 heavy (non-hydrogen) atoms. The Bertz CT molecular complexity index is 825. The first-order valence-corrected chi connectivity index (χ1v) is 6.62. The van der Waals surface area contributed by atoms with Gasteiger partial charge in [-0.1, -0.05) is 0 Å². The van der Waals surface area contributed by atoms with E-state index in [4.69, 9.17) is 0 Å². The van der Waals surface area contributed by atoms with E-state index in [2.05, 4.69) is 20.3 Å². The maximum atomic E-state index is 13.7. The predicted molar refractivity (Wildman–Crippen MR) is 73.2 cm³/mol. The molecule has 1 N–H and O–H groups in total. The summed E-state index contributed by atoms with van der Waals surface area (Å²) >= 11 is 0. The molecule has 1 aromatic carbocycles. The highest BCUT2D eigenvalue weighted by atomic mass is 19.1. The highest BCUT2D eigenvalue weighted by Crippen LogP contribution is 2.37. The molecule has 1 aliphatic carbocycles. The van der Waals surface area contributed by atoms with E-state index >= 15 is 0 Å². The van der Waals surface area contributed by atoms with Crippen molar-refractivity contribution in [3.05, 3.63) is 42.5 Å². The largest absolute Gasteiger partial charge is 0.336 e. The molecule has 0 spiro atoms. The summed E-state index contributed by atoms with van der Waals surface area (Å²) in [6.45, 7) is 0. The van der Waals surface area contributed by atoms with Crippen LogP contribution in [-0.2, 0) is 0 Å². The summed E-state index contributed by atoms with van der Waals surface area (Å²) in [6, 6.07) is 3.78. The van der Waals surface area contributed by atoms with Gasteiger partial charge in [-0.25, -0.2) is 23.7 Å². The van der Waals surface area contributed by atoms with Gasteiger partial charge in [0.05, 0.1) is 12.0 Å². The van der Waals surface area contributed by atoms with E-state index in [0.717, 1.165) is 24.6 Å². The van der Waals surface area contributed by atoms with Crippen molar-refractivity contribution in [2.24, 2.45) is 0 Å². The number of fused-ring (bicyclic) bond motifs is 1. The number of nitrogens with zero attached hydrogens (tertiary/aromatic N) is 4. The smallest absolute Gasteiger partial charge is 0.165 e. The molecule has 1 aliphatic rings. The summed E-state index contributed by atoms with van der Waals surface area (Å²) in [7, 11) is 0. The van der Waals surface area contributed by atoms with Crippen LogP contribution in [0.25, 0.3) is 11.2 Å². The molecule has 0 amide bonds. The van der Waals surface area contributed by atoms with Crippen LogP contribution in [0.1, 0.15) is 18.9 Å². The highest BCUT2D eigenvalue weighted by molar-refractivity contribution is 5.85. The molecule has 0 radical (unpaired) electrons. The molecule has 0 unspecified atom stereocenters. The Balaban J connectivity index is 1.76. The molecule has 5 nitrogen and oxygen atoms in total. The van der Waals surface area contributed by atoms with E-state index in [1.54, 1.807) is 6.33 Å². The van der Waals surface area contributed by atoms with Crippen molar-refractivity contribution < 1.29 is 8.78 Å². The molecule has 3 aromatic rings. The molecule has 1 fully saturated rings. The van der Waals surface area contributed by atoms with E-state index in [9.17, 15) is 8.78 Å². The van der Waals surface area contributed by atoms with E-state index in [1.165, 1.54) is 18.5 Å². The van der Waals surface area contributed by atoms with Crippen molar-refractivity contribution in [2.75, 3.05) is 5.32 Å². The maximum Gasteiger partial charge on any atom is 0.165 e. The number of nitrogens with one attached hydrogen (secondary N) is 1. The van der Waals surface area contributed by atoms with E-state index in [1.807, 2.05) is 4.57 Å². The average molecular weight is 287 g/mol. The van der Waals surface area contributed by atoms with Crippen LogP contribution in [0.3, 0.4) is 0 Å². The first-order chi connectivity index (χ1) is 10.2. The molecule has 2 aromatic heterocycles. The lowest BCUT2D eigenvalue weighted by Crippen LogP contribution is -2.00. The van der Waals surface area contributed by atoms with Gasteiger partial charge in [0, 0.05) is 12.1 Å². The van der Waals surface area contributed by atoms with Crippen molar-refractivity contribution in [1.82, 2.24) is 19.5 Å². The minimum Gasteiger partial charge on any atom is -0.336 e. The third kappa shape index (κ3) is 2.10. The number of anilines is 2. The zero-order valence-corrected chi connectivity index (χ0v) is 10.9. The topological polar surface area (TPSA) is 55.6 Å². The van der Waals surface area contributed by atoms with Gasteiger partial charge in [-0.3, -0.25) is 0 Å². The average Bonchev–Trinajstić information content (AvgIpc) is 3.22. The van der Waals surface area contributed by atoms with Crippen molar-refractivity contribution in [2.45, 2.75) is 18.9 Å². The van der Waals surface area contributed by atoms with Gasteiger partial charge in [0.15, 0.2) is 17.0 Å². The first-order valence-electron chi connectivity index (χ1n) is 6.62. The van der Waals surface area contributed by atoms with Gasteiger partial charge in [-0.2, -0.15) is 0 Å². The lowest BCUT2D eigenvalue weighted by Gasteiger charge is -2.07. The molecule has 0 saturated heterocycles. The molecule has 106 valence electrons. The number of rotatable bonds is 3. The van der Waals surface area contributed by atoms with Gasteiger partial charge < -0.3 is 9.88 Å². The Hall–Kier alpha value is -2.57. The van der Waals surface area contributed by atoms with Crippen LogP contribution in [0.2, 0.25) is 0 Å². The minimum atomic E-state index is -0.677. The second-order valence-corrected chi connectivity index (χ2v) is 5.03. The number of imidazole rings is 1. The lowest BCUT2D eigenvalue weighted by molar-refractivity contribution is 0.586. The zero-order chi connectivity index (χ0) is 14.4. The molecule has 2 heterocycles. The normalized spacial score (nSPS) is 14.6. The second kappa shape index (κ2) is 4.47. The summed E-state index contributed by atoms with van der Waals surface area (Å²) in [5.41, 5.74) is 1.45. The summed E-state index contributed by atoms with van der Waals surface area (Å²) in [5.74, 6) is -0.891. The third-order valence-electron chi connectivity index (χ3n) is 3.48. The van der Waals surface area contributed by atoms with E-state index in [0.29, 0.717) is 17.4 Å². The fourth-order valence-corrected chi connectivity index (χ4v) is 2.28. The van der Waals surface area contributed by atoms with Gasteiger partial charge in [-0.05, 0) is 25.0 Å². The van der Waals surface area contributed by atoms with Crippen molar-refractivity contribution in [3.63, 3.8) is 0 Å². The first kappa shape index (κ1) is 12.2. The predicted octanol–water partition coefficient (Wildman–Crippen LogP) is 3.18. The summed E-state index contributed by atoms with van der Waals surface area (Å²) < 4.78 is 28.6. The second-order valence-electron chi connectivity index (χ2n) is 5.03. The van der Waals surface area contributed by atoms with Gasteiger partial charge in [0.1, 0.15) is 18.0 Å². The van der Waals surface area contributed by atoms with Crippen molar-refractivity contribution in [1.29, 1.82) is 0 Å². The number of hydrogen-bond donors (Lipinski definition) is 1. The standard InChI is InChI=1S/C14H11F2N5/c15-8-1-4-11(10(16)5-8)20-13-12-14(18-6-17-13)21(7-19-12)9-2-3-9/h1,4-7,9H,2-3H2,(H,17,18,20). The van der Waals surface area contributed by atoms with Crippen molar-refractivity contribution >= 4 is 22.7 Å². The van der Waals surface area contributed by atoms with E-state index in [-0.39, 0.29) is 5.69 Å². The number of benzene rings is 1. The number of aromatic nitrogens is 4. The van der Waals surface area contributed by atoms with Crippen LogP contribution in [-0.4, -0.2) is 19.5 Å². The Kier molecular flexibility index (Phi) is 2.60. The quantitative estimate of drug-likeness (QED) is 0.803. The molecule has 0 bridgehead atoms. The Labute approximate surface area is 118 Å². The van der Waals surface area contributed by atoms with Gasteiger partial charge in [-0.15, -0.1) is 0 Å². The summed E-state index contributed by atoms with van der Waals surface area (Å²) in [6.07, 6.45) is 5.37. The molecule has 0 aliphatic heterocycles. The molecule has 0 atom stereocenters. The molecular weight excluding hydrogens is 276 g/mol. The fourth-order valence-electron chi connectivity index (χ4n) is 2.28. The Morgan fingerprint density at radius 3 is 2.76 bits per heavy atom. The van der Waals surface area contributed by atoms with E-state index < -0.39 is 11.6 Å². The van der Waals surface area contributed by atoms with Crippen LogP contribution in [0.5, 0.6) is 0 Å². The number of halogens is 2. The van der Waals surface area contributed by atoms with Crippen molar-refractivity contribution in [3.8, 4) is 0 Å². The van der Waals surface area contributed by atoms with Crippen LogP contribution in [0, 0.1) is 11.6 Å². The molecular formula is C14H11F2N5. The van der Waals surface area contributed by atoms with Gasteiger partial charge in [0.25, 0.3) is 0 Å². The highest BCUT2D eigenvalue weighted by Gasteiger charge is 2.26.